The molecule has 0 aromatic rings. The summed E-state index contributed by atoms with van der Waals surface area (Å²) >= 11 is 0. The molecule has 0 amide bonds. The summed E-state index contributed by atoms with van der Waals surface area (Å²) < 4.78 is 27.3. The van der Waals surface area contributed by atoms with E-state index in [-0.39, 0.29) is 18.9 Å². The zero-order valence-electron chi connectivity index (χ0n) is 9.15. The number of carboxylic acids is 1. The van der Waals surface area contributed by atoms with Crippen molar-refractivity contribution in [3.05, 3.63) is 0 Å². The van der Waals surface area contributed by atoms with Gasteiger partial charge in [-0.3, -0.25) is 4.79 Å². The molecule has 3 N–H and O–H groups in total. The Hall–Kier alpha value is -0.660. The minimum Gasteiger partial charge on any atom is -0.481 e. The van der Waals surface area contributed by atoms with Crippen LogP contribution in [0.25, 0.3) is 0 Å². The lowest BCUT2D eigenvalue weighted by Crippen LogP contribution is -2.44. The SMILES string of the molecule is CC(C)NS(=O)(=O)NC(C)CCC(=O)O. The van der Waals surface area contributed by atoms with Gasteiger partial charge in [0, 0.05) is 18.5 Å². The number of rotatable bonds is 7. The average Bonchev–Trinajstić information content (AvgIpc) is 1.96. The summed E-state index contributed by atoms with van der Waals surface area (Å²) in [5.41, 5.74) is 0. The molecule has 0 spiro atoms. The largest absolute Gasteiger partial charge is 0.481 e. The van der Waals surface area contributed by atoms with Crippen molar-refractivity contribution in [3.8, 4) is 0 Å². The normalized spacial score (nSPS) is 14.1. The van der Waals surface area contributed by atoms with Gasteiger partial charge in [0.1, 0.15) is 0 Å². The Bertz CT molecular complexity index is 300. The highest BCUT2D eigenvalue weighted by atomic mass is 32.2. The minimum absolute atomic E-state index is 0.0502. The molecular formula is C8H18N2O4S. The molecular weight excluding hydrogens is 220 g/mol. The van der Waals surface area contributed by atoms with Crippen LogP contribution in [-0.4, -0.2) is 31.6 Å². The first-order valence-electron chi connectivity index (χ1n) is 4.74. The van der Waals surface area contributed by atoms with E-state index in [0.717, 1.165) is 0 Å². The van der Waals surface area contributed by atoms with Gasteiger partial charge in [-0.15, -0.1) is 0 Å². The lowest BCUT2D eigenvalue weighted by Gasteiger charge is -2.15. The van der Waals surface area contributed by atoms with Crippen LogP contribution >= 0.6 is 0 Å². The molecule has 0 aliphatic heterocycles. The molecule has 15 heavy (non-hydrogen) atoms. The van der Waals surface area contributed by atoms with Crippen molar-refractivity contribution in [1.82, 2.24) is 9.44 Å². The standard InChI is InChI=1S/C8H18N2O4S/c1-6(2)9-15(13,14)10-7(3)4-5-8(11)12/h6-7,9-10H,4-5H2,1-3H3,(H,11,12). The van der Waals surface area contributed by atoms with Gasteiger partial charge in [0.05, 0.1) is 0 Å². The molecule has 0 aliphatic carbocycles. The molecule has 1 unspecified atom stereocenters. The van der Waals surface area contributed by atoms with Crippen LogP contribution in [0.2, 0.25) is 0 Å². The van der Waals surface area contributed by atoms with Crippen LogP contribution in [-0.2, 0) is 15.0 Å². The molecule has 0 heterocycles. The molecule has 6 nitrogen and oxygen atoms in total. The van der Waals surface area contributed by atoms with Gasteiger partial charge in [-0.05, 0) is 27.2 Å². The number of hydrogen-bond acceptors (Lipinski definition) is 3. The summed E-state index contributed by atoms with van der Waals surface area (Å²) in [6.07, 6.45) is 0.222. The molecule has 0 fully saturated rings. The minimum atomic E-state index is -3.52. The first-order valence-corrected chi connectivity index (χ1v) is 6.22. The smallest absolute Gasteiger partial charge is 0.303 e. The van der Waals surface area contributed by atoms with Crippen LogP contribution in [0.15, 0.2) is 0 Å². The summed E-state index contributed by atoms with van der Waals surface area (Å²) in [5, 5.41) is 8.41. The second-order valence-corrected chi connectivity index (χ2v) is 5.21. The zero-order valence-corrected chi connectivity index (χ0v) is 9.97. The fourth-order valence-corrected chi connectivity index (χ4v) is 2.34. The monoisotopic (exact) mass is 238 g/mol. The van der Waals surface area contributed by atoms with Crippen molar-refractivity contribution in [2.24, 2.45) is 0 Å². The van der Waals surface area contributed by atoms with E-state index < -0.39 is 22.2 Å². The second-order valence-electron chi connectivity index (χ2n) is 3.73. The zero-order chi connectivity index (χ0) is 12.1. The summed E-state index contributed by atoms with van der Waals surface area (Å²) in [4.78, 5) is 10.3. The van der Waals surface area contributed by atoms with E-state index >= 15 is 0 Å². The van der Waals surface area contributed by atoms with E-state index in [2.05, 4.69) is 9.44 Å². The van der Waals surface area contributed by atoms with E-state index in [9.17, 15) is 13.2 Å². The third-order valence-electron chi connectivity index (χ3n) is 1.54. The number of nitrogens with one attached hydrogen (secondary N) is 2. The lowest BCUT2D eigenvalue weighted by atomic mass is 10.2. The van der Waals surface area contributed by atoms with Crippen molar-refractivity contribution in [3.63, 3.8) is 0 Å². The first kappa shape index (κ1) is 14.3. The van der Waals surface area contributed by atoms with E-state index in [1.54, 1.807) is 20.8 Å². The van der Waals surface area contributed by atoms with Crippen LogP contribution in [0.5, 0.6) is 0 Å². The maximum absolute atomic E-state index is 11.3. The molecule has 1 atom stereocenters. The summed E-state index contributed by atoms with van der Waals surface area (Å²) in [7, 11) is -3.52. The summed E-state index contributed by atoms with van der Waals surface area (Å²) in [6, 6.07) is -0.577. The van der Waals surface area contributed by atoms with E-state index in [1.165, 1.54) is 0 Å². The third-order valence-corrected chi connectivity index (χ3v) is 3.03. The lowest BCUT2D eigenvalue weighted by molar-refractivity contribution is -0.137. The van der Waals surface area contributed by atoms with Crippen molar-refractivity contribution in [2.75, 3.05) is 0 Å². The van der Waals surface area contributed by atoms with Gasteiger partial charge in [0.25, 0.3) is 10.2 Å². The van der Waals surface area contributed by atoms with Gasteiger partial charge >= 0.3 is 5.97 Å². The molecule has 0 aromatic heterocycles. The van der Waals surface area contributed by atoms with Gasteiger partial charge in [0.2, 0.25) is 0 Å². The first-order chi connectivity index (χ1) is 6.73. The predicted molar refractivity (Wildman–Crippen MR) is 56.7 cm³/mol. The van der Waals surface area contributed by atoms with Crippen molar-refractivity contribution in [2.45, 2.75) is 45.7 Å². The molecule has 7 heteroatoms. The maximum atomic E-state index is 11.3. The second kappa shape index (κ2) is 6.04. The van der Waals surface area contributed by atoms with Crippen molar-refractivity contribution >= 4 is 16.2 Å². The number of carbonyl (C=O) groups is 1. The van der Waals surface area contributed by atoms with Crippen LogP contribution in [0, 0.1) is 0 Å². The topological polar surface area (TPSA) is 95.5 Å². The Morgan fingerprint density at radius 1 is 1.27 bits per heavy atom. The van der Waals surface area contributed by atoms with Gasteiger partial charge < -0.3 is 5.11 Å². The maximum Gasteiger partial charge on any atom is 0.303 e. The van der Waals surface area contributed by atoms with E-state index in [1.807, 2.05) is 0 Å². The van der Waals surface area contributed by atoms with Gasteiger partial charge in [-0.2, -0.15) is 17.9 Å². The molecule has 0 aromatic carbocycles. The van der Waals surface area contributed by atoms with E-state index in [4.69, 9.17) is 5.11 Å². The molecule has 0 saturated heterocycles. The quantitative estimate of drug-likeness (QED) is 0.585. The summed E-state index contributed by atoms with van der Waals surface area (Å²) in [5.74, 6) is -0.933. The molecule has 0 aliphatic rings. The van der Waals surface area contributed by atoms with Gasteiger partial charge in [-0.1, -0.05) is 0 Å². The van der Waals surface area contributed by atoms with E-state index in [0.29, 0.717) is 0 Å². The highest BCUT2D eigenvalue weighted by Gasteiger charge is 2.15. The number of carboxylic acid groups (broad SMARTS) is 1. The molecule has 0 radical (unpaired) electrons. The Morgan fingerprint density at radius 2 is 1.80 bits per heavy atom. The molecule has 0 saturated carbocycles. The van der Waals surface area contributed by atoms with Crippen LogP contribution in [0.3, 0.4) is 0 Å². The highest BCUT2D eigenvalue weighted by Crippen LogP contribution is 1.98. The van der Waals surface area contributed by atoms with Crippen LogP contribution < -0.4 is 9.44 Å². The molecule has 90 valence electrons. The third kappa shape index (κ3) is 8.34. The number of aliphatic carboxylic acids is 1. The Balaban J connectivity index is 4.05. The molecule has 0 rings (SSSR count). The van der Waals surface area contributed by atoms with Crippen LogP contribution in [0.1, 0.15) is 33.6 Å². The Kier molecular flexibility index (Phi) is 5.77. The number of hydrogen-bond donors (Lipinski definition) is 3. The Morgan fingerprint density at radius 3 is 2.20 bits per heavy atom. The van der Waals surface area contributed by atoms with Crippen molar-refractivity contribution < 1.29 is 18.3 Å². The molecule has 0 bridgehead atoms. The van der Waals surface area contributed by atoms with Gasteiger partial charge in [-0.25, -0.2) is 0 Å². The Labute approximate surface area is 90.2 Å². The van der Waals surface area contributed by atoms with Crippen LogP contribution in [0.4, 0.5) is 0 Å². The fourth-order valence-electron chi connectivity index (χ4n) is 1.01. The van der Waals surface area contributed by atoms with Crippen molar-refractivity contribution in [1.29, 1.82) is 0 Å². The van der Waals surface area contributed by atoms with Gasteiger partial charge in [0.15, 0.2) is 0 Å². The average molecular weight is 238 g/mol. The predicted octanol–water partition coefficient (Wildman–Crippen LogP) is 0.0721. The highest BCUT2D eigenvalue weighted by molar-refractivity contribution is 7.87. The summed E-state index contributed by atoms with van der Waals surface area (Å²) in [6.45, 7) is 5.05. The fraction of sp³-hybridized carbons (Fsp3) is 0.875.